The summed E-state index contributed by atoms with van der Waals surface area (Å²) in [4.78, 5) is 2.15. The van der Waals surface area contributed by atoms with Crippen LogP contribution in [0.1, 0.15) is 18.2 Å². The van der Waals surface area contributed by atoms with Crippen LogP contribution in [-0.2, 0) is 0 Å². The monoisotopic (exact) mass is 313 g/mol. The number of hydrogen-bond donors (Lipinski definition) is 0. The van der Waals surface area contributed by atoms with Crippen molar-refractivity contribution < 1.29 is 4.39 Å². The Kier molecular flexibility index (Phi) is 3.32. The fourth-order valence-electron chi connectivity index (χ4n) is 3.25. The third kappa shape index (κ3) is 2.09. The van der Waals surface area contributed by atoms with Gasteiger partial charge in [0.2, 0.25) is 0 Å². The molecule has 2 heterocycles. The lowest BCUT2D eigenvalue weighted by atomic mass is 10.1. The van der Waals surface area contributed by atoms with Crippen LogP contribution in [0.25, 0.3) is 0 Å². The van der Waals surface area contributed by atoms with Gasteiger partial charge in [-0.05, 0) is 48.5 Å². The number of benzene rings is 2. The number of nitrogens with zero attached hydrogens (tertiary/aromatic N) is 3. The second-order valence-electron chi connectivity index (χ2n) is 5.55. The van der Waals surface area contributed by atoms with Crippen molar-refractivity contribution >= 4 is 23.0 Å². The fraction of sp³-hybridized carbons (Fsp3) is 0.235. The molecule has 0 bridgehead atoms. The first-order valence-corrected chi connectivity index (χ1v) is 7.84. The van der Waals surface area contributed by atoms with Crippen molar-refractivity contribution in [3.63, 3.8) is 0 Å². The minimum Gasteiger partial charge on any atom is -0.296 e. The first-order chi connectivity index (χ1) is 10.8. The Morgan fingerprint density at radius 2 is 1.68 bits per heavy atom. The van der Waals surface area contributed by atoms with Crippen LogP contribution in [-0.4, -0.2) is 28.2 Å². The van der Waals surface area contributed by atoms with E-state index in [1.54, 1.807) is 0 Å². The van der Waals surface area contributed by atoms with Crippen molar-refractivity contribution in [2.75, 3.05) is 18.0 Å². The van der Waals surface area contributed by atoms with Gasteiger partial charge in [0.05, 0.1) is 0 Å². The van der Waals surface area contributed by atoms with E-state index in [1.807, 2.05) is 30.3 Å². The quantitative estimate of drug-likeness (QED) is 0.784. The first kappa shape index (κ1) is 13.7. The van der Waals surface area contributed by atoms with Crippen LogP contribution in [0.15, 0.2) is 54.6 Å². The molecule has 5 heteroatoms. The largest absolute Gasteiger partial charge is 0.296 e. The molecule has 0 N–H and O–H groups in total. The van der Waals surface area contributed by atoms with E-state index in [-0.39, 0.29) is 12.0 Å². The number of thiocarbonyl (C=S) groups is 1. The predicted molar refractivity (Wildman–Crippen MR) is 88.7 cm³/mol. The Labute approximate surface area is 134 Å². The molecular weight excluding hydrogens is 297 g/mol. The van der Waals surface area contributed by atoms with E-state index >= 15 is 0 Å². The Bertz CT molecular complexity index is 689. The molecule has 0 spiro atoms. The third-order valence-electron chi connectivity index (χ3n) is 4.22. The Balaban J connectivity index is 1.80. The zero-order valence-corrected chi connectivity index (χ0v) is 12.8. The van der Waals surface area contributed by atoms with Crippen LogP contribution in [0.2, 0.25) is 0 Å². The predicted octanol–water partition coefficient (Wildman–Crippen LogP) is 3.55. The van der Waals surface area contributed by atoms with Gasteiger partial charge in [-0.3, -0.25) is 9.91 Å². The average molecular weight is 313 g/mol. The molecule has 0 amide bonds. The van der Waals surface area contributed by atoms with E-state index in [4.69, 9.17) is 12.2 Å². The Morgan fingerprint density at radius 3 is 2.41 bits per heavy atom. The number of para-hydroxylation sites is 1. The number of anilines is 1. The molecule has 2 fully saturated rings. The highest BCUT2D eigenvalue weighted by Crippen LogP contribution is 2.40. The molecule has 0 aromatic heterocycles. The summed E-state index contributed by atoms with van der Waals surface area (Å²) in [5, 5.41) is 5.26. The lowest BCUT2D eigenvalue weighted by Gasteiger charge is -2.28. The van der Waals surface area contributed by atoms with Crippen LogP contribution >= 0.6 is 12.2 Å². The molecule has 2 aliphatic rings. The maximum atomic E-state index is 13.3. The molecule has 0 unspecified atom stereocenters. The maximum absolute atomic E-state index is 13.3. The highest BCUT2D eigenvalue weighted by Gasteiger charge is 2.45. The molecule has 2 saturated heterocycles. The van der Waals surface area contributed by atoms with Gasteiger partial charge >= 0.3 is 0 Å². The summed E-state index contributed by atoms with van der Waals surface area (Å²) in [6, 6.07) is 16.9. The molecule has 4 rings (SSSR count). The third-order valence-corrected chi connectivity index (χ3v) is 4.63. The maximum Gasteiger partial charge on any atom is 0.192 e. The molecular formula is C17H16FN3S. The lowest BCUT2D eigenvalue weighted by molar-refractivity contribution is 0.0923. The first-order valence-electron chi connectivity index (χ1n) is 7.43. The number of rotatable bonds is 2. The van der Waals surface area contributed by atoms with E-state index in [2.05, 4.69) is 27.1 Å². The van der Waals surface area contributed by atoms with Crippen molar-refractivity contribution in [2.24, 2.45) is 0 Å². The van der Waals surface area contributed by atoms with Crippen molar-refractivity contribution in [1.82, 2.24) is 10.0 Å². The van der Waals surface area contributed by atoms with E-state index in [1.165, 1.54) is 12.1 Å². The highest BCUT2D eigenvalue weighted by molar-refractivity contribution is 7.80. The van der Waals surface area contributed by atoms with E-state index < -0.39 is 0 Å². The van der Waals surface area contributed by atoms with Crippen molar-refractivity contribution in [1.29, 1.82) is 0 Å². The summed E-state index contributed by atoms with van der Waals surface area (Å²) in [7, 11) is 0. The summed E-state index contributed by atoms with van der Waals surface area (Å²) >= 11 is 5.70. The van der Waals surface area contributed by atoms with E-state index in [9.17, 15) is 4.39 Å². The second-order valence-corrected chi connectivity index (χ2v) is 5.92. The molecule has 112 valence electrons. The zero-order valence-electron chi connectivity index (χ0n) is 12.0. The standard InChI is InChI=1S/C17H16FN3S/c18-14-9-7-13(8-10-14)16-19-11-4-12-20(19)17(22)21(16)15-5-2-1-3-6-15/h1-3,5-10,16H,4,11-12H2/t16-/m1/s1. The van der Waals surface area contributed by atoms with Gasteiger partial charge in [0, 0.05) is 18.8 Å². The molecule has 0 aliphatic carbocycles. The van der Waals surface area contributed by atoms with Crippen LogP contribution < -0.4 is 4.90 Å². The SMILES string of the molecule is Fc1ccc([C@H]2N(c3ccccc3)C(=S)N3CCCN23)cc1. The lowest BCUT2D eigenvalue weighted by Crippen LogP contribution is -2.32. The number of hydrazine groups is 1. The number of fused-ring (bicyclic) bond motifs is 1. The molecule has 1 atom stereocenters. The summed E-state index contributed by atoms with van der Waals surface area (Å²) in [5.74, 6) is -0.214. The Morgan fingerprint density at radius 1 is 0.955 bits per heavy atom. The van der Waals surface area contributed by atoms with Gasteiger partial charge < -0.3 is 0 Å². The van der Waals surface area contributed by atoms with E-state index in [0.29, 0.717) is 0 Å². The molecule has 0 saturated carbocycles. The molecule has 2 aliphatic heterocycles. The molecule has 0 radical (unpaired) electrons. The van der Waals surface area contributed by atoms with Gasteiger partial charge in [0.15, 0.2) is 5.11 Å². The van der Waals surface area contributed by atoms with Crippen molar-refractivity contribution in [3.8, 4) is 0 Å². The van der Waals surface area contributed by atoms with Crippen LogP contribution in [0.3, 0.4) is 0 Å². The highest BCUT2D eigenvalue weighted by atomic mass is 32.1. The van der Waals surface area contributed by atoms with Crippen LogP contribution in [0, 0.1) is 5.82 Å². The number of hydrogen-bond acceptors (Lipinski definition) is 2. The van der Waals surface area contributed by atoms with Crippen LogP contribution in [0.5, 0.6) is 0 Å². The minimum absolute atomic E-state index is 0.00185. The van der Waals surface area contributed by atoms with Gasteiger partial charge in [-0.15, -0.1) is 0 Å². The second kappa shape index (κ2) is 5.34. The Hall–Kier alpha value is -1.98. The summed E-state index contributed by atoms with van der Waals surface area (Å²) in [5.41, 5.74) is 2.12. The van der Waals surface area contributed by atoms with Gasteiger partial charge in [-0.2, -0.15) is 5.01 Å². The summed E-state index contributed by atoms with van der Waals surface area (Å²) < 4.78 is 13.3. The smallest absolute Gasteiger partial charge is 0.192 e. The topological polar surface area (TPSA) is 9.72 Å². The average Bonchev–Trinajstić information content (AvgIpc) is 3.12. The normalized spacial score (nSPS) is 21.5. The van der Waals surface area contributed by atoms with Gasteiger partial charge in [0.25, 0.3) is 0 Å². The van der Waals surface area contributed by atoms with Crippen molar-refractivity contribution in [2.45, 2.75) is 12.6 Å². The zero-order chi connectivity index (χ0) is 15.1. The molecule has 3 nitrogen and oxygen atoms in total. The van der Waals surface area contributed by atoms with E-state index in [0.717, 1.165) is 35.9 Å². The van der Waals surface area contributed by atoms with Gasteiger partial charge in [-0.1, -0.05) is 30.3 Å². The molecule has 2 aromatic carbocycles. The minimum atomic E-state index is -0.214. The number of halogens is 1. The van der Waals surface area contributed by atoms with Crippen molar-refractivity contribution in [3.05, 3.63) is 66.0 Å². The van der Waals surface area contributed by atoms with Crippen LogP contribution in [0.4, 0.5) is 10.1 Å². The summed E-state index contributed by atoms with van der Waals surface area (Å²) in [6.45, 7) is 1.91. The summed E-state index contributed by atoms with van der Waals surface area (Å²) in [6.07, 6.45) is 1.10. The van der Waals surface area contributed by atoms with Gasteiger partial charge in [-0.25, -0.2) is 4.39 Å². The fourth-order valence-corrected chi connectivity index (χ4v) is 3.65. The molecule has 2 aromatic rings. The van der Waals surface area contributed by atoms with Gasteiger partial charge in [0.1, 0.15) is 12.0 Å². The molecule has 22 heavy (non-hydrogen) atoms.